The van der Waals surface area contributed by atoms with Crippen LogP contribution in [-0.2, 0) is 16.2 Å². The van der Waals surface area contributed by atoms with Gasteiger partial charge in [-0.25, -0.2) is 9.78 Å². The second-order valence-electron chi connectivity index (χ2n) is 13.9. The van der Waals surface area contributed by atoms with Gasteiger partial charge >= 0.3 is 5.63 Å². The molecule has 5 heteroatoms. The highest BCUT2D eigenvalue weighted by Crippen LogP contribution is 2.52. The molecule has 0 radical (unpaired) electrons. The first kappa shape index (κ1) is 24.8. The number of anilines is 1. The number of nitrogens with zero attached hydrogens (tertiary/aromatic N) is 2. The molecule has 0 amide bonds. The largest absolute Gasteiger partial charge is 0.422 e. The lowest BCUT2D eigenvalue weighted by Gasteiger charge is -2.48. The fourth-order valence-electron chi connectivity index (χ4n) is 6.60. The molecule has 0 bridgehead atoms. The zero-order chi connectivity index (χ0) is 27.5. The molecule has 0 atom stereocenters. The van der Waals surface area contributed by atoms with E-state index in [0.29, 0.717) is 5.56 Å². The molecule has 4 heterocycles. The zero-order valence-electron chi connectivity index (χ0n) is 24.0. The lowest BCUT2D eigenvalue weighted by molar-refractivity contribution is 0.398. The molecule has 2 aliphatic heterocycles. The van der Waals surface area contributed by atoms with Crippen LogP contribution in [0.3, 0.4) is 0 Å². The lowest BCUT2D eigenvalue weighted by atomic mass is 9.69. The predicted molar refractivity (Wildman–Crippen MR) is 165 cm³/mol. The van der Waals surface area contributed by atoms with Crippen molar-refractivity contribution in [1.29, 1.82) is 0 Å². The van der Waals surface area contributed by atoms with E-state index < -0.39 is 0 Å². The van der Waals surface area contributed by atoms with Gasteiger partial charge in [0.1, 0.15) is 10.6 Å². The molecule has 0 spiro atoms. The number of fused-ring (bicyclic) bond motifs is 5. The highest BCUT2D eigenvalue weighted by molar-refractivity contribution is 7.22. The van der Waals surface area contributed by atoms with Crippen LogP contribution in [-0.4, -0.2) is 18.1 Å². The Bertz CT molecular complexity index is 1880. The minimum absolute atomic E-state index is 0.0638. The SMILES string of the molecule is CC(C)(C)c1ccc2c(ccc3nc(-c4cc5cc6c7c(c5oc4=O)C(C)(C)CCN7CCC6(C)C)sc32)c1. The van der Waals surface area contributed by atoms with E-state index in [0.717, 1.165) is 52.1 Å². The van der Waals surface area contributed by atoms with Crippen LogP contribution in [0.2, 0.25) is 0 Å². The van der Waals surface area contributed by atoms with Crippen molar-refractivity contribution in [2.24, 2.45) is 0 Å². The zero-order valence-corrected chi connectivity index (χ0v) is 24.8. The van der Waals surface area contributed by atoms with Crippen molar-refractivity contribution in [2.75, 3.05) is 18.0 Å². The summed E-state index contributed by atoms with van der Waals surface area (Å²) in [5.74, 6) is 0. The van der Waals surface area contributed by atoms with Crippen LogP contribution < -0.4 is 10.5 Å². The summed E-state index contributed by atoms with van der Waals surface area (Å²) in [6.45, 7) is 18.1. The molecule has 7 rings (SSSR count). The second-order valence-corrected chi connectivity index (χ2v) is 14.9. The fraction of sp³-hybridized carbons (Fsp3) is 0.412. The van der Waals surface area contributed by atoms with Crippen molar-refractivity contribution in [3.05, 3.63) is 69.6 Å². The van der Waals surface area contributed by atoms with Crippen LogP contribution in [0, 0.1) is 0 Å². The van der Waals surface area contributed by atoms with E-state index in [1.54, 1.807) is 11.3 Å². The molecule has 0 unspecified atom stereocenters. The minimum atomic E-state index is -0.305. The van der Waals surface area contributed by atoms with Gasteiger partial charge in [0.2, 0.25) is 0 Å². The van der Waals surface area contributed by atoms with Crippen molar-refractivity contribution in [3.8, 4) is 10.6 Å². The molecule has 0 aliphatic carbocycles. The summed E-state index contributed by atoms with van der Waals surface area (Å²) in [5, 5.41) is 4.11. The van der Waals surface area contributed by atoms with Crippen molar-refractivity contribution >= 4 is 49.0 Å². The van der Waals surface area contributed by atoms with Crippen LogP contribution in [0.4, 0.5) is 5.69 Å². The van der Waals surface area contributed by atoms with E-state index in [2.05, 4.69) is 89.8 Å². The Morgan fingerprint density at radius 1 is 0.923 bits per heavy atom. The number of benzene rings is 3. The van der Waals surface area contributed by atoms with Crippen LogP contribution in [0.25, 0.3) is 42.5 Å². The van der Waals surface area contributed by atoms with Crippen molar-refractivity contribution in [3.63, 3.8) is 0 Å². The van der Waals surface area contributed by atoms with Crippen LogP contribution in [0.5, 0.6) is 0 Å². The first-order valence-electron chi connectivity index (χ1n) is 14.1. The maximum atomic E-state index is 13.6. The maximum absolute atomic E-state index is 13.6. The van der Waals surface area contributed by atoms with Gasteiger partial charge in [-0.3, -0.25) is 0 Å². The summed E-state index contributed by atoms with van der Waals surface area (Å²) in [6, 6.07) is 15.2. The van der Waals surface area contributed by atoms with E-state index >= 15 is 0 Å². The molecule has 39 heavy (non-hydrogen) atoms. The minimum Gasteiger partial charge on any atom is -0.422 e. The van der Waals surface area contributed by atoms with Crippen molar-refractivity contribution in [2.45, 2.75) is 77.6 Å². The third kappa shape index (κ3) is 3.69. The van der Waals surface area contributed by atoms with Gasteiger partial charge in [0.25, 0.3) is 0 Å². The van der Waals surface area contributed by atoms with Gasteiger partial charge in [0.05, 0.1) is 15.8 Å². The summed E-state index contributed by atoms with van der Waals surface area (Å²) in [7, 11) is 0. The Labute approximate surface area is 233 Å². The van der Waals surface area contributed by atoms with Gasteiger partial charge in [-0.15, -0.1) is 11.3 Å². The summed E-state index contributed by atoms with van der Waals surface area (Å²) in [5.41, 5.74) is 7.18. The second kappa shape index (κ2) is 7.94. The highest BCUT2D eigenvalue weighted by Gasteiger charge is 2.42. The highest BCUT2D eigenvalue weighted by atomic mass is 32.1. The molecule has 4 nitrogen and oxygen atoms in total. The Morgan fingerprint density at radius 3 is 2.41 bits per heavy atom. The van der Waals surface area contributed by atoms with E-state index in [-0.39, 0.29) is 21.9 Å². The molecule has 0 saturated heterocycles. The van der Waals surface area contributed by atoms with Crippen molar-refractivity contribution in [1.82, 2.24) is 4.98 Å². The standard InChI is InChI=1S/C34H36N2O2S/c1-32(2,3)21-9-10-22-19(16-21)8-11-25-29(22)39-30(35-25)23-17-20-18-24-27-26(28(20)38-31(23)37)34(6,7)13-15-36(27)14-12-33(24,4)5/h8-11,16-18H,12-15H2,1-7H3. The normalized spacial score (nSPS) is 18.2. The molecule has 2 aromatic heterocycles. The van der Waals surface area contributed by atoms with Crippen LogP contribution in [0.1, 0.15) is 78.0 Å². The molecule has 2 aliphatic rings. The smallest absolute Gasteiger partial charge is 0.346 e. The van der Waals surface area contributed by atoms with Gasteiger partial charge in [0, 0.05) is 35.1 Å². The Balaban J connectivity index is 1.45. The lowest BCUT2D eigenvalue weighted by Crippen LogP contribution is -2.44. The third-order valence-electron chi connectivity index (χ3n) is 9.20. The van der Waals surface area contributed by atoms with E-state index in [4.69, 9.17) is 9.40 Å². The molecular weight excluding hydrogens is 500 g/mol. The quantitative estimate of drug-likeness (QED) is 0.201. The van der Waals surface area contributed by atoms with Gasteiger partial charge < -0.3 is 9.32 Å². The van der Waals surface area contributed by atoms with Gasteiger partial charge in [-0.1, -0.05) is 72.7 Å². The Hall–Kier alpha value is -3.18. The summed E-state index contributed by atoms with van der Waals surface area (Å²) >= 11 is 1.59. The average molecular weight is 537 g/mol. The van der Waals surface area contributed by atoms with Crippen LogP contribution in [0.15, 0.2) is 51.7 Å². The molecule has 0 fully saturated rings. The fourth-order valence-corrected chi connectivity index (χ4v) is 7.70. The Kier molecular flexibility index (Phi) is 5.06. The van der Waals surface area contributed by atoms with Crippen LogP contribution >= 0.6 is 11.3 Å². The average Bonchev–Trinajstić information content (AvgIpc) is 3.30. The molecule has 5 aromatic rings. The summed E-state index contributed by atoms with van der Waals surface area (Å²) in [6.07, 6.45) is 2.17. The number of hydrogen-bond acceptors (Lipinski definition) is 5. The molecule has 200 valence electrons. The summed E-state index contributed by atoms with van der Waals surface area (Å²) < 4.78 is 7.35. The van der Waals surface area contributed by atoms with Crippen molar-refractivity contribution < 1.29 is 4.42 Å². The Morgan fingerprint density at radius 2 is 1.67 bits per heavy atom. The van der Waals surface area contributed by atoms with Gasteiger partial charge in [0.15, 0.2) is 0 Å². The third-order valence-corrected chi connectivity index (χ3v) is 10.3. The molecule has 0 saturated carbocycles. The first-order valence-corrected chi connectivity index (χ1v) is 14.9. The topological polar surface area (TPSA) is 46.3 Å². The van der Waals surface area contributed by atoms with E-state index in [1.807, 2.05) is 6.07 Å². The number of aromatic nitrogens is 1. The van der Waals surface area contributed by atoms with E-state index in [1.165, 1.54) is 33.2 Å². The molecule has 0 N–H and O–H groups in total. The van der Waals surface area contributed by atoms with Gasteiger partial charge in [-0.2, -0.15) is 0 Å². The van der Waals surface area contributed by atoms with E-state index in [9.17, 15) is 4.79 Å². The predicted octanol–water partition coefficient (Wildman–Crippen LogP) is 8.69. The first-order chi connectivity index (χ1) is 18.3. The van der Waals surface area contributed by atoms with Gasteiger partial charge in [-0.05, 0) is 63.8 Å². The number of rotatable bonds is 1. The molecule has 3 aromatic carbocycles. The number of thiazole rings is 1. The monoisotopic (exact) mass is 536 g/mol. The number of hydrogen-bond donors (Lipinski definition) is 0. The molecular formula is C34H36N2O2S. The summed E-state index contributed by atoms with van der Waals surface area (Å²) in [4.78, 5) is 21.0. The maximum Gasteiger partial charge on any atom is 0.346 e.